The van der Waals surface area contributed by atoms with Crippen LogP contribution in [0.25, 0.3) is 16.6 Å². The summed E-state index contributed by atoms with van der Waals surface area (Å²) in [6.45, 7) is 0. The zero-order valence-electron chi connectivity index (χ0n) is 13.1. The van der Waals surface area contributed by atoms with Crippen LogP contribution in [0, 0.1) is 4.77 Å². The number of carbonyl (C=O) groups excluding carboxylic acids is 1. The first-order valence-corrected chi connectivity index (χ1v) is 8.15. The van der Waals surface area contributed by atoms with E-state index in [9.17, 15) is 4.79 Å². The molecule has 0 atom stereocenters. The maximum absolute atomic E-state index is 12.7. The molecule has 1 amide bonds. The molecule has 0 saturated heterocycles. The van der Waals surface area contributed by atoms with Crippen molar-refractivity contribution in [2.24, 2.45) is 0 Å². The molecule has 0 fully saturated rings. The van der Waals surface area contributed by atoms with Crippen molar-refractivity contribution >= 4 is 34.7 Å². The van der Waals surface area contributed by atoms with Gasteiger partial charge in [0.05, 0.1) is 5.52 Å². The molecule has 0 saturated carbocycles. The van der Waals surface area contributed by atoms with Crippen molar-refractivity contribution in [1.82, 2.24) is 14.5 Å². The molecule has 2 aromatic heterocycles. The molecule has 4 aromatic rings. The number of rotatable bonds is 3. The third kappa shape index (κ3) is 2.95. The molecule has 2 heterocycles. The van der Waals surface area contributed by atoms with Gasteiger partial charge in [0, 0.05) is 29.2 Å². The Hall–Kier alpha value is -3.25. The molecule has 0 bridgehead atoms. The Morgan fingerprint density at radius 2 is 1.92 bits per heavy atom. The lowest BCUT2D eigenvalue weighted by atomic mass is 10.2. The van der Waals surface area contributed by atoms with Gasteiger partial charge in [-0.2, -0.15) is 0 Å². The lowest BCUT2D eigenvalue weighted by Gasteiger charge is -2.09. The quantitative estimate of drug-likeness (QED) is 0.543. The molecule has 6 heteroatoms. The second kappa shape index (κ2) is 6.33. The Bertz CT molecular complexity index is 1110. The molecule has 0 aliphatic rings. The van der Waals surface area contributed by atoms with Gasteiger partial charge in [0.25, 0.3) is 5.91 Å². The van der Waals surface area contributed by atoms with Crippen molar-refractivity contribution in [2.75, 3.05) is 5.32 Å². The molecule has 0 aliphatic heterocycles. The largest absolute Gasteiger partial charge is 0.336 e. The van der Waals surface area contributed by atoms with Gasteiger partial charge < -0.3 is 10.3 Å². The minimum atomic E-state index is -0.237. The molecule has 2 aromatic carbocycles. The summed E-state index contributed by atoms with van der Waals surface area (Å²) in [4.78, 5) is 20.0. The van der Waals surface area contributed by atoms with Crippen LogP contribution in [-0.4, -0.2) is 20.4 Å². The Labute approximate surface area is 149 Å². The lowest BCUT2D eigenvalue weighted by Crippen LogP contribution is -2.16. The molecule has 25 heavy (non-hydrogen) atoms. The molecule has 0 unspecified atom stereocenters. The highest BCUT2D eigenvalue weighted by molar-refractivity contribution is 7.71. The van der Waals surface area contributed by atoms with Crippen LogP contribution < -0.4 is 5.32 Å². The van der Waals surface area contributed by atoms with E-state index in [1.807, 2.05) is 60.7 Å². The maximum Gasteiger partial charge on any atom is 0.274 e. The molecule has 0 spiro atoms. The predicted molar refractivity (Wildman–Crippen MR) is 101 cm³/mol. The minimum absolute atomic E-state index is 0.237. The highest BCUT2D eigenvalue weighted by atomic mass is 32.1. The van der Waals surface area contributed by atoms with E-state index in [1.54, 1.807) is 17.0 Å². The van der Waals surface area contributed by atoms with Crippen LogP contribution in [0.3, 0.4) is 0 Å². The number of nitrogens with zero attached hydrogens (tertiary/aromatic N) is 2. The van der Waals surface area contributed by atoms with Gasteiger partial charge in [0.1, 0.15) is 5.69 Å². The molecular formula is C19H14N4OS. The average molecular weight is 346 g/mol. The molecule has 0 aliphatic carbocycles. The second-order valence-electron chi connectivity index (χ2n) is 5.52. The number of hydrogen-bond acceptors (Lipinski definition) is 3. The summed E-state index contributed by atoms with van der Waals surface area (Å²) in [6.07, 6.45) is 3.36. The van der Waals surface area contributed by atoms with Crippen LogP contribution in [-0.2, 0) is 0 Å². The van der Waals surface area contributed by atoms with Crippen molar-refractivity contribution in [2.45, 2.75) is 0 Å². The van der Waals surface area contributed by atoms with Gasteiger partial charge >= 0.3 is 0 Å². The van der Waals surface area contributed by atoms with Gasteiger partial charge in [0.15, 0.2) is 4.77 Å². The molecule has 122 valence electrons. The first-order chi connectivity index (χ1) is 12.2. The third-order valence-electron chi connectivity index (χ3n) is 3.88. The number of amides is 1. The highest BCUT2D eigenvalue weighted by Crippen LogP contribution is 2.19. The summed E-state index contributed by atoms with van der Waals surface area (Å²) < 4.78 is 2.19. The topological polar surface area (TPSA) is 62.7 Å². The van der Waals surface area contributed by atoms with E-state index in [1.165, 1.54) is 0 Å². The number of imidazole rings is 1. The first-order valence-electron chi connectivity index (χ1n) is 7.74. The Morgan fingerprint density at radius 1 is 1.08 bits per heavy atom. The molecule has 4 rings (SSSR count). The lowest BCUT2D eigenvalue weighted by molar-refractivity contribution is 0.102. The summed E-state index contributed by atoms with van der Waals surface area (Å²) >= 11 is 5.32. The Morgan fingerprint density at radius 3 is 2.76 bits per heavy atom. The summed E-state index contributed by atoms with van der Waals surface area (Å²) in [7, 11) is 0. The van der Waals surface area contributed by atoms with Crippen LogP contribution >= 0.6 is 12.2 Å². The van der Waals surface area contributed by atoms with Crippen LogP contribution in [0.5, 0.6) is 0 Å². The van der Waals surface area contributed by atoms with Gasteiger partial charge in [0.2, 0.25) is 0 Å². The standard InChI is InChI=1S/C19H14N4OS/c24-18(22-14-8-9-16-13(11-14)5-4-10-20-16)17-12-21-19(25)23(17)15-6-2-1-3-7-15/h1-12H,(H,21,25)(H,22,24). The number of nitrogens with one attached hydrogen (secondary N) is 2. The number of anilines is 1. The third-order valence-corrected chi connectivity index (χ3v) is 4.18. The van der Waals surface area contributed by atoms with Gasteiger partial charge in [-0.15, -0.1) is 0 Å². The van der Waals surface area contributed by atoms with Crippen molar-refractivity contribution in [1.29, 1.82) is 0 Å². The number of pyridine rings is 1. The normalized spacial score (nSPS) is 10.7. The number of H-pyrrole nitrogens is 1. The number of fused-ring (bicyclic) bond motifs is 1. The van der Waals surface area contributed by atoms with Gasteiger partial charge in [-0.25, -0.2) is 0 Å². The van der Waals surface area contributed by atoms with Gasteiger partial charge in [-0.05, 0) is 48.6 Å². The summed E-state index contributed by atoms with van der Waals surface area (Å²) in [5.41, 5.74) is 2.87. The fourth-order valence-corrected chi connectivity index (χ4v) is 2.98. The van der Waals surface area contributed by atoms with Crippen molar-refractivity contribution < 1.29 is 4.79 Å². The van der Waals surface area contributed by atoms with E-state index < -0.39 is 0 Å². The number of hydrogen-bond donors (Lipinski definition) is 2. The number of para-hydroxylation sites is 1. The van der Waals surface area contributed by atoms with Crippen molar-refractivity contribution in [3.05, 3.63) is 83.5 Å². The predicted octanol–water partition coefficient (Wildman–Crippen LogP) is 4.34. The fourth-order valence-electron chi connectivity index (χ4n) is 2.72. The Balaban J connectivity index is 1.68. The number of aromatic nitrogens is 3. The van der Waals surface area contributed by atoms with Crippen molar-refractivity contribution in [3.63, 3.8) is 0 Å². The first kappa shape index (κ1) is 15.3. The second-order valence-corrected chi connectivity index (χ2v) is 5.90. The smallest absolute Gasteiger partial charge is 0.274 e. The van der Waals surface area contributed by atoms with Crippen molar-refractivity contribution in [3.8, 4) is 5.69 Å². The summed E-state index contributed by atoms with van der Waals surface area (Å²) in [5.74, 6) is -0.237. The number of benzene rings is 2. The number of carbonyl (C=O) groups is 1. The fraction of sp³-hybridized carbons (Fsp3) is 0. The SMILES string of the molecule is O=C(Nc1ccc2ncccc2c1)c1c[nH]c(=S)n1-c1ccccc1. The summed E-state index contributed by atoms with van der Waals surface area (Å²) in [5, 5.41) is 3.89. The minimum Gasteiger partial charge on any atom is -0.336 e. The maximum atomic E-state index is 12.7. The van der Waals surface area contributed by atoms with Gasteiger partial charge in [-0.1, -0.05) is 24.3 Å². The molecule has 0 radical (unpaired) electrons. The molecule has 2 N–H and O–H groups in total. The highest BCUT2D eigenvalue weighted by Gasteiger charge is 2.14. The Kier molecular flexibility index (Phi) is 3.87. The molecular weight excluding hydrogens is 332 g/mol. The van der Waals surface area contributed by atoms with Crippen LogP contribution in [0.2, 0.25) is 0 Å². The number of aromatic amines is 1. The van der Waals surface area contributed by atoms with Gasteiger partial charge in [-0.3, -0.25) is 14.3 Å². The zero-order valence-corrected chi connectivity index (χ0v) is 14.0. The van der Waals surface area contributed by atoms with E-state index in [0.29, 0.717) is 16.2 Å². The average Bonchev–Trinajstić information content (AvgIpc) is 3.04. The van der Waals surface area contributed by atoms with E-state index in [4.69, 9.17) is 12.2 Å². The monoisotopic (exact) mass is 346 g/mol. The van der Waals surface area contributed by atoms with E-state index in [-0.39, 0.29) is 5.91 Å². The van der Waals surface area contributed by atoms with Crippen LogP contribution in [0.15, 0.2) is 73.1 Å². The van der Waals surface area contributed by atoms with E-state index in [0.717, 1.165) is 16.6 Å². The van der Waals surface area contributed by atoms with E-state index >= 15 is 0 Å². The zero-order chi connectivity index (χ0) is 17.2. The molecule has 5 nitrogen and oxygen atoms in total. The van der Waals surface area contributed by atoms with E-state index in [2.05, 4.69) is 15.3 Å². The van der Waals surface area contributed by atoms with Crippen LogP contribution in [0.4, 0.5) is 5.69 Å². The van der Waals surface area contributed by atoms with Crippen LogP contribution in [0.1, 0.15) is 10.5 Å². The summed E-state index contributed by atoms with van der Waals surface area (Å²) in [6, 6.07) is 19.0.